The quantitative estimate of drug-likeness (QED) is 0.0721. The number of carbonyl (C=O) groups is 5. The Morgan fingerprint density at radius 3 is 2.15 bits per heavy atom. The van der Waals surface area contributed by atoms with Crippen molar-refractivity contribution in [2.24, 2.45) is 35.5 Å². The Morgan fingerprint density at radius 2 is 1.48 bits per heavy atom. The van der Waals surface area contributed by atoms with Gasteiger partial charge < -0.3 is 93.5 Å². The summed E-state index contributed by atoms with van der Waals surface area (Å²) in [5.41, 5.74) is -1.11. The Balaban J connectivity index is 1.36. The van der Waals surface area contributed by atoms with Gasteiger partial charge in [-0.3, -0.25) is 19.2 Å². The van der Waals surface area contributed by atoms with Gasteiger partial charge >= 0.3 is 5.97 Å². The van der Waals surface area contributed by atoms with Crippen LogP contribution in [0.15, 0.2) is 47.6 Å². The summed E-state index contributed by atoms with van der Waals surface area (Å²) in [4.78, 5) is 74.3. The fraction of sp³-hybridized carbons (Fsp3) is 0.794. The zero-order valence-corrected chi connectivity index (χ0v) is 52.2. The van der Waals surface area contributed by atoms with Crippen molar-refractivity contribution < 1.29 is 113 Å². The first-order valence-electron chi connectivity index (χ1n) is 30.9. The summed E-state index contributed by atoms with van der Waals surface area (Å²) in [7, 11) is 4.36. The summed E-state index contributed by atoms with van der Waals surface area (Å²) in [5, 5.41) is 97.7. The number of carbonyl (C=O) groups excluding carboxylic acids is 5. The number of fused-ring (bicyclic) bond motifs is 3. The van der Waals surface area contributed by atoms with Crippen LogP contribution in [0.25, 0.3) is 0 Å². The molecular formula is C63H99NO23. The highest BCUT2D eigenvalue weighted by molar-refractivity contribution is 6.39. The van der Waals surface area contributed by atoms with Crippen LogP contribution in [0.5, 0.6) is 0 Å². The topological polar surface area (TPSA) is 354 Å². The number of hydrogen-bond acceptors (Lipinski definition) is 23. The lowest BCUT2D eigenvalue weighted by Gasteiger charge is -2.42. The Labute approximate surface area is 510 Å². The van der Waals surface area contributed by atoms with Crippen molar-refractivity contribution in [2.75, 3.05) is 47.7 Å². The molecule has 1 saturated carbocycles. The number of methoxy groups -OCH3 is 3. The molecule has 4 saturated heterocycles. The maximum absolute atomic E-state index is 14.8. The van der Waals surface area contributed by atoms with Crippen molar-refractivity contribution in [1.82, 2.24) is 4.90 Å². The number of ketones is 3. The molecule has 1 amide bonds. The molecule has 87 heavy (non-hydrogen) atoms. The summed E-state index contributed by atoms with van der Waals surface area (Å²) in [5.74, 6) is -9.54. The van der Waals surface area contributed by atoms with Crippen molar-refractivity contribution in [3.05, 3.63) is 47.6 Å². The normalized spacial score (nSPS) is 43.8. The van der Waals surface area contributed by atoms with Crippen molar-refractivity contribution in [1.29, 1.82) is 0 Å². The minimum absolute atomic E-state index is 0.00258. The number of allylic oxidation sites excluding steroid dienone is 6. The molecule has 1 aliphatic carbocycles. The minimum atomic E-state index is -2.51. The van der Waals surface area contributed by atoms with Crippen molar-refractivity contribution in [3.63, 3.8) is 0 Å². The molecule has 9 N–H and O–H groups in total. The van der Waals surface area contributed by atoms with Crippen molar-refractivity contribution in [3.8, 4) is 0 Å². The molecule has 6 aliphatic rings. The molecule has 24 nitrogen and oxygen atoms in total. The molecule has 0 aromatic carbocycles. The van der Waals surface area contributed by atoms with Crippen LogP contribution in [-0.2, 0) is 66.6 Å². The number of esters is 1. The van der Waals surface area contributed by atoms with Crippen LogP contribution in [-0.4, -0.2) is 237 Å². The average molecular weight is 1240 g/mol. The molecule has 6 rings (SSSR count). The van der Waals surface area contributed by atoms with E-state index in [0.29, 0.717) is 57.8 Å². The van der Waals surface area contributed by atoms with Crippen molar-refractivity contribution in [2.45, 2.75) is 235 Å². The van der Waals surface area contributed by atoms with E-state index in [9.17, 15) is 69.9 Å². The Hall–Kier alpha value is -3.77. The highest BCUT2D eigenvalue weighted by Gasteiger charge is 2.58. The standard InChI is InChI=1S/C63H99NO23/c1-33-16-12-11-13-17-34(2)45(79-8)28-41-21-19-39(7)63(78,86-41)57(75)58(76)64-23-15-14-18-42(64)59(77)83-46(36(4)26-40-20-22-43(67)47(27-40)80-9)29-44(68)35(3)25-38(6)54(55(81-10)49(69)37(5)24-33)82-32-62(31-66)56(74)53(73)61(87-62)85-60-52(72)51(71)50(70)48(30-65)84-60/h11-13,16-17,25,33,35-37,39-43,45-48,50-56,60-61,65-67,70-74,78H,14-15,18-24,26-32H2,1-10H3/b13-11+,16-12-,34-17+,38-25+/t33-,35-,36-,37-,39-,40?,41+,42?,43-,45+,46+,47-,48+,50+,51-,52+,53-,54-,55+,56-,60?,61+,62?,63-/m1/s1. The van der Waals surface area contributed by atoms with E-state index in [2.05, 4.69) is 0 Å². The van der Waals surface area contributed by atoms with Crippen LogP contribution in [0.2, 0.25) is 0 Å². The van der Waals surface area contributed by atoms with Crippen LogP contribution in [0.1, 0.15) is 126 Å². The summed E-state index contributed by atoms with van der Waals surface area (Å²) in [6.07, 6.45) is -5.60. The van der Waals surface area contributed by atoms with Crippen LogP contribution in [0.3, 0.4) is 0 Å². The van der Waals surface area contributed by atoms with Gasteiger partial charge in [0.05, 0.1) is 44.2 Å². The van der Waals surface area contributed by atoms with Crippen molar-refractivity contribution >= 4 is 29.2 Å². The summed E-state index contributed by atoms with van der Waals surface area (Å²) >= 11 is 0. The molecule has 5 aliphatic heterocycles. The van der Waals surface area contributed by atoms with E-state index in [4.69, 9.17) is 42.6 Å². The fourth-order valence-electron chi connectivity index (χ4n) is 13.1. The second-order valence-corrected chi connectivity index (χ2v) is 25.4. The summed E-state index contributed by atoms with van der Waals surface area (Å²) < 4.78 is 53.5. The number of aliphatic hydroxyl groups is 9. The lowest BCUT2D eigenvalue weighted by molar-refractivity contribution is -0.347. The van der Waals surface area contributed by atoms with Crippen LogP contribution in [0.4, 0.5) is 0 Å². The fourth-order valence-corrected chi connectivity index (χ4v) is 13.1. The van der Waals surface area contributed by atoms with Gasteiger partial charge in [0, 0.05) is 58.5 Å². The lowest BCUT2D eigenvalue weighted by atomic mass is 9.78. The Morgan fingerprint density at radius 1 is 0.759 bits per heavy atom. The molecule has 0 radical (unpaired) electrons. The van der Waals surface area contributed by atoms with Gasteiger partial charge in [-0.2, -0.15) is 0 Å². The maximum atomic E-state index is 14.8. The molecule has 0 aromatic heterocycles. The average Bonchev–Trinajstić information content (AvgIpc) is 1.99. The molecule has 0 aromatic rings. The van der Waals surface area contributed by atoms with Gasteiger partial charge in [0.15, 0.2) is 18.4 Å². The summed E-state index contributed by atoms with van der Waals surface area (Å²) in [6.45, 7) is 9.66. The second-order valence-electron chi connectivity index (χ2n) is 25.4. The maximum Gasteiger partial charge on any atom is 0.329 e. The minimum Gasteiger partial charge on any atom is -0.460 e. The first kappa shape index (κ1) is 72.3. The monoisotopic (exact) mass is 1240 g/mol. The molecule has 0 spiro atoms. The van der Waals surface area contributed by atoms with Gasteiger partial charge in [0.1, 0.15) is 72.4 Å². The number of nitrogens with zero attached hydrogens (tertiary/aromatic N) is 1. The van der Waals surface area contributed by atoms with Gasteiger partial charge in [-0.05, 0) is 107 Å². The SMILES string of the molecule is CO[C@H]1C[C@@H]2CC[C@@H](C)[C@@](O)(O2)C(=O)C(=O)N2CCCCC2C(=O)O[C@H]([C@H](C)CC2CC[C@@H](O)[C@H](OC)C2)CC(=O)[C@H](C)/C=C(\C)[C@@H](OCC2(CO)O[C@H](OC3O[C@@H](CO)[C@H](O)[C@@H](O)[C@@H]3O)[C@H](O)[C@H]2O)[C@@H](OC)C(=O)[C@H](C)C[C@H](C)\C=C/C=C/C=C/1C. The number of cyclic esters (lactones) is 1. The van der Waals surface area contributed by atoms with Crippen LogP contribution >= 0.6 is 0 Å². The third-order valence-corrected chi connectivity index (χ3v) is 18.8. The smallest absolute Gasteiger partial charge is 0.329 e. The van der Waals surface area contributed by atoms with Gasteiger partial charge in [-0.15, -0.1) is 0 Å². The van der Waals surface area contributed by atoms with Gasteiger partial charge in [-0.1, -0.05) is 71.1 Å². The molecule has 5 heterocycles. The highest BCUT2D eigenvalue weighted by atomic mass is 16.8. The first-order chi connectivity index (χ1) is 41.2. The van der Waals surface area contributed by atoms with Crippen LogP contribution in [0, 0.1) is 35.5 Å². The number of aliphatic hydroxyl groups excluding tert-OH is 8. The van der Waals surface area contributed by atoms with E-state index in [1.807, 2.05) is 51.2 Å². The summed E-state index contributed by atoms with van der Waals surface area (Å²) in [6, 6.07) is -1.25. The Kier molecular flexibility index (Phi) is 27.0. The molecular weight excluding hydrogens is 1140 g/mol. The zero-order chi connectivity index (χ0) is 64.2. The number of amides is 1. The molecule has 2 bridgehead atoms. The Bertz CT molecular complexity index is 2420. The first-order valence-corrected chi connectivity index (χ1v) is 30.9. The lowest BCUT2D eigenvalue weighted by Crippen LogP contribution is -2.61. The van der Waals surface area contributed by atoms with E-state index in [1.165, 1.54) is 21.3 Å². The molecule has 4 unspecified atom stereocenters. The number of hydrogen-bond donors (Lipinski definition) is 9. The predicted octanol–water partition coefficient (Wildman–Crippen LogP) is 1.83. The second kappa shape index (κ2) is 32.5. The third-order valence-electron chi connectivity index (χ3n) is 18.8. The number of Topliss-reactive ketones (excluding diaryl/α,β-unsaturated/α-hetero) is 3. The van der Waals surface area contributed by atoms with Gasteiger partial charge in [-0.25, -0.2) is 4.79 Å². The molecule has 24 heteroatoms. The van der Waals surface area contributed by atoms with E-state index >= 15 is 0 Å². The molecule has 5 fully saturated rings. The molecule has 494 valence electrons. The predicted molar refractivity (Wildman–Crippen MR) is 310 cm³/mol. The number of piperidine rings is 1. The zero-order valence-electron chi connectivity index (χ0n) is 52.2. The number of rotatable bonds is 13. The van der Waals surface area contributed by atoms with Gasteiger partial charge in [0.2, 0.25) is 5.79 Å². The van der Waals surface area contributed by atoms with Crippen LogP contribution < -0.4 is 0 Å². The molecule has 24 atom stereocenters. The highest BCUT2D eigenvalue weighted by Crippen LogP contribution is 2.40. The largest absolute Gasteiger partial charge is 0.460 e. The van der Waals surface area contributed by atoms with E-state index in [-0.39, 0.29) is 43.2 Å². The third kappa shape index (κ3) is 17.4. The number of ether oxygens (including phenoxy) is 9. The van der Waals surface area contributed by atoms with E-state index in [0.717, 1.165) is 10.5 Å². The van der Waals surface area contributed by atoms with Gasteiger partial charge in [0.25, 0.3) is 11.7 Å². The van der Waals surface area contributed by atoms with E-state index < -0.39 is 182 Å². The van der Waals surface area contributed by atoms with E-state index in [1.54, 1.807) is 33.8 Å².